The van der Waals surface area contributed by atoms with E-state index in [9.17, 15) is 0 Å². The first-order valence-corrected chi connectivity index (χ1v) is 5.09. The van der Waals surface area contributed by atoms with E-state index in [1.54, 1.807) is 0 Å². The maximum Gasteiger partial charge on any atom is 4.00 e. The zero-order valence-corrected chi connectivity index (χ0v) is 8.44. The van der Waals surface area contributed by atoms with Gasteiger partial charge < -0.3 is 0 Å². The summed E-state index contributed by atoms with van der Waals surface area (Å²) >= 11 is -11.2. The van der Waals surface area contributed by atoms with Gasteiger partial charge in [-0.25, -0.2) is 0 Å². The molecular weight excluding hydrogens is 286 g/mol. The van der Waals surface area contributed by atoms with Gasteiger partial charge >= 0.3 is 80.5 Å². The van der Waals surface area contributed by atoms with Crippen molar-refractivity contribution < 1.29 is 80.5 Å². The zero-order chi connectivity index (χ0) is 9.00. The van der Waals surface area contributed by atoms with Crippen molar-refractivity contribution in [3.8, 4) is 0 Å². The van der Waals surface area contributed by atoms with Crippen LogP contribution in [0.3, 0.4) is 0 Å². The molecule has 0 aliphatic carbocycles. The molecule has 0 heterocycles. The maximum absolute atomic E-state index is 8.58. The minimum absolute atomic E-state index is 0. The molecule has 0 N–H and O–H groups in total. The van der Waals surface area contributed by atoms with E-state index in [0.29, 0.717) is 0 Å². The van der Waals surface area contributed by atoms with Crippen LogP contribution in [0, 0.1) is 0 Å². The fourth-order valence-corrected chi connectivity index (χ4v) is 0. The Morgan fingerprint density at radius 2 is 0.636 bits per heavy atom. The minimum Gasteiger partial charge on any atom is 4.00 e. The molecule has 0 fully saturated rings. The molecule has 0 atom stereocenters. The molecule has 0 spiro atoms. The molecule has 0 bridgehead atoms. The van der Waals surface area contributed by atoms with Crippen LogP contribution < -0.4 is 16.8 Å². The fourth-order valence-electron chi connectivity index (χ4n) is 0. The third-order valence-corrected chi connectivity index (χ3v) is 0. The maximum atomic E-state index is 8.58. The molecule has 11 heteroatoms. The van der Waals surface area contributed by atoms with E-state index in [1.165, 1.54) is 0 Å². The molecule has 0 amide bonds. The monoisotopic (exact) mass is 286 g/mol. The van der Waals surface area contributed by atoms with Crippen LogP contribution in [0.25, 0.3) is 0 Å². The molecule has 0 rings (SSSR count). The van der Waals surface area contributed by atoms with Gasteiger partial charge in [0, 0.05) is 0 Å². The van der Waals surface area contributed by atoms with Crippen molar-refractivity contribution in [2.24, 2.45) is 0 Å². The first kappa shape index (κ1) is 17.8. The van der Waals surface area contributed by atoms with Crippen LogP contribution >= 0.6 is 0 Å². The predicted octanol–water partition coefficient (Wildman–Crippen LogP) is -5.24. The zero-order valence-electron chi connectivity index (χ0n) is 4.52. The van der Waals surface area contributed by atoms with Gasteiger partial charge in [-0.3, -0.25) is 0 Å². The molecule has 0 unspecified atom stereocenters. The van der Waals surface area contributed by atoms with Crippen molar-refractivity contribution in [1.29, 1.82) is 0 Å². The van der Waals surface area contributed by atoms with Crippen LogP contribution in [0.5, 0.6) is 0 Å². The average Bonchev–Trinajstić information content (AvgIpc) is 1.12. The van der Waals surface area contributed by atoms with Gasteiger partial charge in [0.1, 0.15) is 0 Å². The van der Waals surface area contributed by atoms with Gasteiger partial charge in [-0.1, -0.05) is 0 Å². The Bertz CT molecular complexity index is 208. The van der Waals surface area contributed by atoms with E-state index >= 15 is 0 Å². The molecule has 8 nitrogen and oxygen atoms in total. The number of hydrogen-bond donors (Lipinski definition) is 0. The summed E-state index contributed by atoms with van der Waals surface area (Å²) in [6.45, 7) is 0. The Labute approximate surface area is 80.3 Å². The van der Waals surface area contributed by atoms with Crippen molar-refractivity contribution in [3.63, 3.8) is 0 Å². The smallest absolute Gasteiger partial charge is 4.00 e. The van der Waals surface area contributed by atoms with Crippen molar-refractivity contribution in [3.05, 3.63) is 0 Å². The third kappa shape index (κ3) is 1330. The largest absolute Gasteiger partial charge is 4.00 e. The fraction of sp³-hybridized carbons (Fsp3) is 0. The van der Waals surface area contributed by atoms with Gasteiger partial charge in [0.25, 0.3) is 0 Å². The predicted molar refractivity (Wildman–Crippen MR) is 2.75 cm³/mol. The van der Waals surface area contributed by atoms with Gasteiger partial charge in [-0.05, 0) is 0 Å². The Morgan fingerprint density at radius 1 is 0.636 bits per heavy atom. The normalized spacial score (nSPS) is 10.5. The Morgan fingerprint density at radius 3 is 0.636 bits per heavy atom. The summed E-state index contributed by atoms with van der Waals surface area (Å²) in [5, 5.41) is 0. The van der Waals surface area contributed by atoms with Crippen LogP contribution in [-0.4, -0.2) is 0 Å². The summed E-state index contributed by atoms with van der Waals surface area (Å²) in [6.07, 6.45) is 0. The Hall–Kier alpha value is 0.793. The second-order valence-corrected chi connectivity index (χ2v) is 3.12. The van der Waals surface area contributed by atoms with Crippen molar-refractivity contribution in [1.82, 2.24) is 0 Å². The van der Waals surface area contributed by atoms with E-state index in [0.717, 1.165) is 0 Å². The number of hydrogen-bond acceptors (Lipinski definition) is 8. The summed E-state index contributed by atoms with van der Waals surface area (Å²) in [5.41, 5.74) is 0. The van der Waals surface area contributed by atoms with Crippen LogP contribution in [0.15, 0.2) is 0 Å². The molecule has 11 heavy (non-hydrogen) atoms. The molecule has 0 saturated heterocycles. The molecule has 0 aromatic rings. The van der Waals surface area contributed by atoms with Crippen LogP contribution in [0.4, 0.5) is 0 Å². The number of rotatable bonds is 0. The summed E-state index contributed by atoms with van der Waals surface area (Å²) in [7, 11) is 0. The minimum atomic E-state index is -5.62. The quantitative estimate of drug-likeness (QED) is 0.399. The van der Waals surface area contributed by atoms with Crippen molar-refractivity contribution in [2.45, 2.75) is 0 Å². The molecule has 0 aromatic heterocycles. The van der Waals surface area contributed by atoms with Crippen LogP contribution in [-0.2, 0) is 63.8 Å². The molecule has 66 valence electrons. The van der Waals surface area contributed by atoms with Gasteiger partial charge in [0.2, 0.25) is 0 Å². The van der Waals surface area contributed by atoms with E-state index in [4.69, 9.17) is 32.1 Å². The second-order valence-electron chi connectivity index (χ2n) is 0.756. The standard InChI is InChI=1S/2Mn.8O.Ti/q;;;;;;4*-1;+4. The van der Waals surface area contributed by atoms with Gasteiger partial charge in [-0.2, -0.15) is 0 Å². The average molecular weight is 286 g/mol. The molecule has 0 aromatic carbocycles. The third-order valence-electron chi connectivity index (χ3n) is 0. The summed E-state index contributed by atoms with van der Waals surface area (Å²) in [5.74, 6) is 0. The topological polar surface area (TPSA) is 161 Å². The summed E-state index contributed by atoms with van der Waals surface area (Å²) in [4.78, 5) is 0. The van der Waals surface area contributed by atoms with Gasteiger partial charge in [-0.15, -0.1) is 0 Å². The van der Waals surface area contributed by atoms with E-state index < -0.39 is 26.7 Å². The first-order valence-electron chi connectivity index (χ1n) is 1.23. The Balaban J connectivity index is -0.000000107. The molecule has 0 saturated carbocycles. The van der Waals surface area contributed by atoms with E-state index in [2.05, 4.69) is 0 Å². The molecule has 0 aliphatic heterocycles. The van der Waals surface area contributed by atoms with Gasteiger partial charge in [0.05, 0.1) is 0 Å². The van der Waals surface area contributed by atoms with Crippen LogP contribution in [0.2, 0.25) is 0 Å². The molecule has 0 radical (unpaired) electrons. The first-order chi connectivity index (χ1) is 4.00. The van der Waals surface area contributed by atoms with Crippen LogP contribution in [0.1, 0.15) is 0 Å². The SMILES string of the molecule is [O]=[Mn](=[O])([O-])[O-].[O]=[Mn](=[O])([O-])[O-].[Ti+4]. The summed E-state index contributed by atoms with van der Waals surface area (Å²) in [6, 6.07) is 0. The van der Waals surface area contributed by atoms with Crippen molar-refractivity contribution >= 4 is 0 Å². The van der Waals surface area contributed by atoms with E-state index in [-0.39, 0.29) is 21.7 Å². The van der Waals surface area contributed by atoms with Crippen molar-refractivity contribution in [2.75, 3.05) is 0 Å². The van der Waals surface area contributed by atoms with E-state index in [1.807, 2.05) is 0 Å². The molecule has 0 aliphatic rings. The molecular formula is Mn2O8Ti. The second kappa shape index (κ2) is 6.32. The summed E-state index contributed by atoms with van der Waals surface area (Å²) < 4.78 is 68.6. The Kier molecular flexibility index (Phi) is 10.2. The van der Waals surface area contributed by atoms with Gasteiger partial charge in [0.15, 0.2) is 0 Å².